The molecule has 100 valence electrons. The Kier molecular flexibility index (Phi) is 20.4. The van der Waals surface area contributed by atoms with E-state index < -0.39 is 46.8 Å². The summed E-state index contributed by atoms with van der Waals surface area (Å²) in [6.07, 6.45) is -0.892. The molecular weight excluding hydrogens is 315 g/mol. The molecule has 0 saturated heterocycles. The summed E-state index contributed by atoms with van der Waals surface area (Å²) in [4.78, 5) is 20.8. The minimum absolute atomic E-state index is 0. The van der Waals surface area contributed by atoms with Gasteiger partial charge in [0, 0.05) is 6.54 Å². The Bertz CT molecular complexity index is 387. The van der Waals surface area contributed by atoms with Crippen LogP contribution in [0.3, 0.4) is 0 Å². The summed E-state index contributed by atoms with van der Waals surface area (Å²) < 4.78 is 28.9. The van der Waals surface area contributed by atoms with Gasteiger partial charge in [0.15, 0.2) is 0 Å². The van der Waals surface area contributed by atoms with Gasteiger partial charge < -0.3 is 19.7 Å². The third kappa shape index (κ3) is 16.0. The number of aliphatic carboxylic acids is 2. The minimum Gasteiger partial charge on any atom is -1.00 e. The van der Waals surface area contributed by atoms with E-state index in [4.69, 9.17) is 20.0 Å². The molecule has 0 aromatic rings. The van der Waals surface area contributed by atoms with Crippen molar-refractivity contribution in [2.75, 3.05) is 12.3 Å². The average Bonchev–Trinajstić information content (AvgIpc) is 2.08. The van der Waals surface area contributed by atoms with E-state index in [1.165, 1.54) is 0 Å². The van der Waals surface area contributed by atoms with Crippen molar-refractivity contribution in [3.63, 3.8) is 0 Å². The first-order chi connectivity index (χ1) is 7.13. The Morgan fingerprint density at radius 2 is 1.58 bits per heavy atom. The van der Waals surface area contributed by atoms with Gasteiger partial charge in [-0.1, -0.05) is 0 Å². The van der Waals surface area contributed by atoms with Gasteiger partial charge in [0.2, 0.25) is 0 Å². The maximum absolute atomic E-state index is 10.5. The summed E-state index contributed by atoms with van der Waals surface area (Å²) in [5.41, 5.74) is 0. The molecule has 0 spiro atoms. The van der Waals surface area contributed by atoms with Crippen molar-refractivity contribution in [1.82, 2.24) is 5.06 Å². The molecular formula is C6H14NNa3O8S. The topological polar surface area (TPSA) is 152 Å². The van der Waals surface area contributed by atoms with Crippen LogP contribution in [0.1, 0.15) is 10.7 Å². The molecule has 9 nitrogen and oxygen atoms in total. The van der Waals surface area contributed by atoms with Crippen molar-refractivity contribution in [1.29, 1.82) is 0 Å². The first kappa shape index (κ1) is 28.9. The van der Waals surface area contributed by atoms with Crippen LogP contribution in [0, 0.1) is 0 Å². The van der Waals surface area contributed by atoms with Crippen LogP contribution in [-0.4, -0.2) is 63.7 Å². The second-order valence-corrected chi connectivity index (χ2v) is 4.47. The number of nitrogens with zero attached hydrogens (tertiary/aromatic N) is 1. The van der Waals surface area contributed by atoms with Crippen LogP contribution < -0.4 is 88.7 Å². The van der Waals surface area contributed by atoms with Crippen molar-refractivity contribution in [3.8, 4) is 0 Å². The molecule has 13 heteroatoms. The van der Waals surface area contributed by atoms with Crippen LogP contribution in [0.2, 0.25) is 0 Å². The van der Waals surface area contributed by atoms with Gasteiger partial charge in [0.1, 0.15) is 6.04 Å². The number of carbonyl (C=O) groups is 2. The molecule has 0 heterocycles. The van der Waals surface area contributed by atoms with Gasteiger partial charge in [-0.2, -0.15) is 13.5 Å². The Balaban J connectivity index is -0.0000000750. The molecule has 0 unspecified atom stereocenters. The fourth-order valence-corrected chi connectivity index (χ4v) is 1.27. The Morgan fingerprint density at radius 1 is 1.16 bits per heavy atom. The summed E-state index contributed by atoms with van der Waals surface area (Å²) in [5, 5.41) is 26.0. The molecule has 0 aromatic carbocycles. The predicted molar refractivity (Wildman–Crippen MR) is 51.9 cm³/mol. The minimum atomic E-state index is -4.35. The SMILES string of the molecule is O=C(O)C[C@@H](C(=O)O)N(O)CCS(=O)(=O)O.[H-].[H-].[H-].[Na+].[Na+].[Na+]. The van der Waals surface area contributed by atoms with Gasteiger partial charge in [-0.3, -0.25) is 14.1 Å². The molecule has 0 bridgehead atoms. The summed E-state index contributed by atoms with van der Waals surface area (Å²) >= 11 is 0. The number of hydrogen-bond donors (Lipinski definition) is 4. The average molecular weight is 329 g/mol. The smallest absolute Gasteiger partial charge is 1.00 e. The van der Waals surface area contributed by atoms with E-state index in [0.29, 0.717) is 0 Å². The number of hydrogen-bond acceptors (Lipinski definition) is 6. The van der Waals surface area contributed by atoms with Gasteiger partial charge in [-0.05, 0) is 0 Å². The fourth-order valence-electron chi connectivity index (χ4n) is 0.850. The van der Waals surface area contributed by atoms with Gasteiger partial charge in [0.25, 0.3) is 10.1 Å². The first-order valence-electron chi connectivity index (χ1n) is 3.98. The molecule has 0 aliphatic carbocycles. The summed E-state index contributed by atoms with van der Waals surface area (Å²) in [6, 6.07) is -1.76. The van der Waals surface area contributed by atoms with Crippen LogP contribution in [0.25, 0.3) is 0 Å². The molecule has 0 aliphatic rings. The standard InChI is InChI=1S/C6H11NO8S.3Na.3H/c8-5(9)3-4(6(10)11)7(12)1-2-16(13,14)15;;;;;;/h4,12H,1-3H2,(H,8,9)(H,10,11)(H,13,14,15);;;;;;/q;3*+1;3*-1/t4-;;;;;;/m0....../s1. The Morgan fingerprint density at radius 3 is 1.84 bits per heavy atom. The largest absolute Gasteiger partial charge is 1.00 e. The van der Waals surface area contributed by atoms with Gasteiger partial charge >= 0.3 is 101 Å². The van der Waals surface area contributed by atoms with E-state index in [2.05, 4.69) is 0 Å². The van der Waals surface area contributed by atoms with E-state index in [9.17, 15) is 18.0 Å². The molecule has 0 fully saturated rings. The van der Waals surface area contributed by atoms with Crippen molar-refractivity contribution in [2.24, 2.45) is 0 Å². The van der Waals surface area contributed by atoms with Crippen molar-refractivity contribution in [3.05, 3.63) is 0 Å². The van der Waals surface area contributed by atoms with E-state index >= 15 is 0 Å². The first-order valence-corrected chi connectivity index (χ1v) is 5.59. The van der Waals surface area contributed by atoms with Crippen molar-refractivity contribution < 1.29 is 131 Å². The normalized spacial score (nSPS) is 11.5. The molecule has 0 saturated carbocycles. The number of rotatable bonds is 7. The maximum Gasteiger partial charge on any atom is 1.00 e. The summed E-state index contributed by atoms with van der Waals surface area (Å²) in [5.74, 6) is -3.97. The molecule has 0 aliphatic heterocycles. The van der Waals surface area contributed by atoms with E-state index in [-0.39, 0.29) is 98.0 Å². The second-order valence-electron chi connectivity index (χ2n) is 2.90. The monoisotopic (exact) mass is 329 g/mol. The molecule has 4 N–H and O–H groups in total. The number of carboxylic acids is 2. The molecule has 0 amide bonds. The number of carboxylic acid groups (broad SMARTS) is 2. The zero-order chi connectivity index (χ0) is 12.9. The van der Waals surface area contributed by atoms with Gasteiger partial charge in [0.05, 0.1) is 12.2 Å². The maximum atomic E-state index is 10.5. The zero-order valence-electron chi connectivity index (χ0n) is 14.0. The second kappa shape index (κ2) is 13.4. The van der Waals surface area contributed by atoms with Gasteiger partial charge in [-0.25, -0.2) is 0 Å². The Hall–Kier alpha value is 1.77. The fraction of sp³-hybridized carbons (Fsp3) is 0.667. The predicted octanol–water partition coefficient (Wildman–Crippen LogP) is -10.2. The number of hydroxylamine groups is 2. The van der Waals surface area contributed by atoms with E-state index in [1.807, 2.05) is 0 Å². The Labute approximate surface area is 180 Å². The molecule has 0 rings (SSSR count). The van der Waals surface area contributed by atoms with Crippen molar-refractivity contribution in [2.45, 2.75) is 12.5 Å². The zero-order valence-corrected chi connectivity index (χ0v) is 17.8. The third-order valence-corrected chi connectivity index (χ3v) is 2.29. The molecule has 1 atom stereocenters. The van der Waals surface area contributed by atoms with Crippen LogP contribution in [0.5, 0.6) is 0 Å². The van der Waals surface area contributed by atoms with Gasteiger partial charge in [-0.15, -0.1) is 0 Å². The van der Waals surface area contributed by atoms with E-state index in [0.717, 1.165) is 0 Å². The van der Waals surface area contributed by atoms with Crippen LogP contribution >= 0.6 is 0 Å². The van der Waals surface area contributed by atoms with Crippen LogP contribution in [0.15, 0.2) is 0 Å². The summed E-state index contributed by atoms with van der Waals surface area (Å²) in [7, 11) is -4.35. The third-order valence-electron chi connectivity index (χ3n) is 1.59. The van der Waals surface area contributed by atoms with Crippen LogP contribution in [-0.2, 0) is 19.7 Å². The van der Waals surface area contributed by atoms with Crippen LogP contribution in [0.4, 0.5) is 0 Å². The van der Waals surface area contributed by atoms with Crippen molar-refractivity contribution >= 4 is 22.1 Å². The molecule has 0 aromatic heterocycles. The van der Waals surface area contributed by atoms with E-state index in [1.54, 1.807) is 0 Å². The quantitative estimate of drug-likeness (QED) is 0.203. The molecule has 19 heavy (non-hydrogen) atoms. The summed E-state index contributed by atoms with van der Waals surface area (Å²) in [6.45, 7) is -0.705. The molecule has 0 radical (unpaired) electrons.